The Hall–Kier alpha value is -1.51. The van der Waals surface area contributed by atoms with Crippen LogP contribution in [0.3, 0.4) is 0 Å². The van der Waals surface area contributed by atoms with Crippen LogP contribution in [0.2, 0.25) is 0 Å². The molecule has 6 nitrogen and oxygen atoms in total. The molecule has 0 atom stereocenters. The monoisotopic (exact) mass is 275 g/mol. The maximum Gasteiger partial charge on any atom is 0.240 e. The van der Waals surface area contributed by atoms with Crippen LogP contribution in [0.5, 0.6) is 0 Å². The predicted molar refractivity (Wildman–Crippen MR) is 64.9 cm³/mol. The lowest BCUT2D eigenvalue weighted by Gasteiger charge is -2.08. The van der Waals surface area contributed by atoms with Crippen LogP contribution in [-0.2, 0) is 14.8 Å². The minimum absolute atomic E-state index is 0.0786. The predicted octanol–water partition coefficient (Wildman–Crippen LogP) is 0.0211. The lowest BCUT2D eigenvalue weighted by atomic mass is 10.3. The van der Waals surface area contributed by atoms with Gasteiger partial charge in [0.1, 0.15) is 5.82 Å². The highest BCUT2D eigenvalue weighted by Gasteiger charge is 2.15. The molecule has 8 heteroatoms. The maximum atomic E-state index is 13.3. The molecule has 0 spiro atoms. The van der Waals surface area contributed by atoms with Crippen LogP contribution in [0, 0.1) is 5.82 Å². The first-order valence-corrected chi connectivity index (χ1v) is 6.62. The molecule has 0 heterocycles. The van der Waals surface area contributed by atoms with Crippen molar-refractivity contribution in [1.82, 2.24) is 4.72 Å². The third kappa shape index (κ3) is 3.76. The van der Waals surface area contributed by atoms with E-state index in [0.29, 0.717) is 0 Å². The molecule has 0 aliphatic rings. The van der Waals surface area contributed by atoms with E-state index in [9.17, 15) is 17.6 Å². The lowest BCUT2D eigenvalue weighted by Crippen LogP contribution is -2.29. The Morgan fingerprint density at radius 3 is 2.67 bits per heavy atom. The number of anilines is 1. The zero-order chi connectivity index (χ0) is 13.8. The van der Waals surface area contributed by atoms with Crippen LogP contribution in [-0.4, -0.2) is 27.4 Å². The fourth-order valence-corrected chi connectivity index (χ4v) is 2.31. The zero-order valence-electron chi connectivity index (χ0n) is 9.73. The van der Waals surface area contributed by atoms with E-state index in [1.807, 2.05) is 0 Å². The second-order valence-electron chi connectivity index (χ2n) is 3.51. The summed E-state index contributed by atoms with van der Waals surface area (Å²) in [4.78, 5) is 10.7. The van der Waals surface area contributed by atoms with Gasteiger partial charge in [0.2, 0.25) is 15.9 Å². The quantitative estimate of drug-likeness (QED) is 0.705. The Morgan fingerprint density at radius 2 is 2.11 bits per heavy atom. The van der Waals surface area contributed by atoms with Crippen molar-refractivity contribution in [2.24, 2.45) is 5.73 Å². The van der Waals surface area contributed by atoms with Gasteiger partial charge in [0.25, 0.3) is 0 Å². The van der Waals surface area contributed by atoms with Gasteiger partial charge in [-0.3, -0.25) is 4.79 Å². The van der Waals surface area contributed by atoms with E-state index in [2.05, 4.69) is 10.0 Å². The van der Waals surface area contributed by atoms with Crippen molar-refractivity contribution in [3.8, 4) is 0 Å². The Bertz CT molecular complexity index is 545. The van der Waals surface area contributed by atoms with E-state index in [0.717, 1.165) is 18.2 Å². The van der Waals surface area contributed by atoms with Gasteiger partial charge in [0.15, 0.2) is 0 Å². The summed E-state index contributed by atoms with van der Waals surface area (Å²) in [5.41, 5.74) is 5.01. The molecule has 1 aromatic carbocycles. The van der Waals surface area contributed by atoms with E-state index in [-0.39, 0.29) is 23.7 Å². The summed E-state index contributed by atoms with van der Waals surface area (Å²) in [5, 5.41) is 2.21. The van der Waals surface area contributed by atoms with Gasteiger partial charge in [-0.25, -0.2) is 17.5 Å². The molecular weight excluding hydrogens is 261 g/mol. The smallest absolute Gasteiger partial charge is 0.240 e. The average molecular weight is 275 g/mol. The van der Waals surface area contributed by atoms with Gasteiger partial charge in [-0.15, -0.1) is 0 Å². The van der Waals surface area contributed by atoms with Crippen LogP contribution in [0.25, 0.3) is 0 Å². The average Bonchev–Trinajstić information content (AvgIpc) is 2.28. The molecule has 1 aromatic rings. The first kappa shape index (κ1) is 14.6. The molecule has 0 bridgehead atoms. The van der Waals surface area contributed by atoms with Crippen molar-refractivity contribution in [1.29, 1.82) is 0 Å². The fraction of sp³-hybridized carbons (Fsp3) is 0.300. The van der Waals surface area contributed by atoms with E-state index < -0.39 is 21.7 Å². The molecule has 100 valence electrons. The SMILES string of the molecule is CC(=O)Nc1cc(S(=O)(=O)NCCN)ccc1F. The van der Waals surface area contributed by atoms with Crippen molar-refractivity contribution in [2.45, 2.75) is 11.8 Å². The molecule has 0 aliphatic heterocycles. The third-order valence-corrected chi connectivity index (χ3v) is 3.45. The maximum absolute atomic E-state index is 13.3. The molecule has 1 amide bonds. The van der Waals surface area contributed by atoms with Gasteiger partial charge >= 0.3 is 0 Å². The molecule has 1 rings (SSSR count). The molecule has 0 saturated heterocycles. The first-order chi connectivity index (χ1) is 8.36. The van der Waals surface area contributed by atoms with Crippen molar-refractivity contribution < 1.29 is 17.6 Å². The standard InChI is InChI=1S/C10H14FN3O3S/c1-7(15)14-10-6-8(2-3-9(10)11)18(16,17)13-5-4-12/h2-3,6,13H,4-5,12H2,1H3,(H,14,15). The van der Waals surface area contributed by atoms with Crippen LogP contribution in [0.15, 0.2) is 23.1 Å². The molecule has 18 heavy (non-hydrogen) atoms. The van der Waals surface area contributed by atoms with E-state index in [1.165, 1.54) is 6.92 Å². The van der Waals surface area contributed by atoms with E-state index >= 15 is 0 Å². The number of rotatable bonds is 5. The van der Waals surface area contributed by atoms with Crippen molar-refractivity contribution in [3.05, 3.63) is 24.0 Å². The molecule has 0 aromatic heterocycles. The fourth-order valence-electron chi connectivity index (χ4n) is 1.23. The van der Waals surface area contributed by atoms with Crippen LogP contribution in [0.4, 0.5) is 10.1 Å². The summed E-state index contributed by atoms with van der Waals surface area (Å²) < 4.78 is 39.0. The van der Waals surface area contributed by atoms with Crippen molar-refractivity contribution in [3.63, 3.8) is 0 Å². The number of amides is 1. The van der Waals surface area contributed by atoms with Crippen molar-refractivity contribution in [2.75, 3.05) is 18.4 Å². The molecule has 0 saturated carbocycles. The number of carbonyl (C=O) groups excluding carboxylic acids is 1. The van der Waals surface area contributed by atoms with Gasteiger partial charge in [0, 0.05) is 20.0 Å². The van der Waals surface area contributed by atoms with Gasteiger partial charge < -0.3 is 11.1 Å². The lowest BCUT2D eigenvalue weighted by molar-refractivity contribution is -0.114. The Labute approximate surface area is 104 Å². The zero-order valence-corrected chi connectivity index (χ0v) is 10.6. The number of nitrogens with two attached hydrogens (primary N) is 1. The highest BCUT2D eigenvalue weighted by atomic mass is 32.2. The van der Waals surface area contributed by atoms with E-state index in [4.69, 9.17) is 5.73 Å². The Kier molecular flexibility index (Phi) is 4.76. The summed E-state index contributed by atoms with van der Waals surface area (Å²) in [6.45, 7) is 1.43. The number of benzene rings is 1. The largest absolute Gasteiger partial charge is 0.329 e. The van der Waals surface area contributed by atoms with Gasteiger partial charge in [-0.1, -0.05) is 0 Å². The second-order valence-corrected chi connectivity index (χ2v) is 5.28. The minimum Gasteiger partial charge on any atom is -0.329 e. The molecule has 0 unspecified atom stereocenters. The molecular formula is C10H14FN3O3S. The summed E-state index contributed by atoms with van der Waals surface area (Å²) in [5.74, 6) is -1.19. The van der Waals surface area contributed by atoms with Gasteiger partial charge in [0.05, 0.1) is 10.6 Å². The normalized spacial score (nSPS) is 11.3. The number of hydrogen-bond acceptors (Lipinski definition) is 4. The van der Waals surface area contributed by atoms with Gasteiger partial charge in [-0.05, 0) is 18.2 Å². The molecule has 0 radical (unpaired) electrons. The molecule has 4 N–H and O–H groups in total. The first-order valence-electron chi connectivity index (χ1n) is 5.13. The summed E-state index contributed by atoms with van der Waals surface area (Å²) in [7, 11) is -3.75. The van der Waals surface area contributed by atoms with Gasteiger partial charge in [-0.2, -0.15) is 0 Å². The topological polar surface area (TPSA) is 101 Å². The summed E-state index contributed by atoms with van der Waals surface area (Å²) >= 11 is 0. The number of sulfonamides is 1. The molecule has 0 fully saturated rings. The summed E-state index contributed by atoms with van der Waals surface area (Å²) in [6, 6.07) is 3.14. The van der Waals surface area contributed by atoms with Crippen LogP contribution in [0.1, 0.15) is 6.92 Å². The van der Waals surface area contributed by atoms with Crippen LogP contribution < -0.4 is 15.8 Å². The number of halogens is 1. The van der Waals surface area contributed by atoms with Crippen LogP contribution >= 0.6 is 0 Å². The van der Waals surface area contributed by atoms with E-state index in [1.54, 1.807) is 0 Å². The minimum atomic E-state index is -3.75. The van der Waals surface area contributed by atoms with Crippen molar-refractivity contribution >= 4 is 21.6 Å². The number of carbonyl (C=O) groups is 1. The third-order valence-electron chi connectivity index (χ3n) is 2.00. The second kappa shape index (κ2) is 5.89. The molecule has 0 aliphatic carbocycles. The highest BCUT2D eigenvalue weighted by Crippen LogP contribution is 2.19. The number of hydrogen-bond donors (Lipinski definition) is 3. The highest BCUT2D eigenvalue weighted by molar-refractivity contribution is 7.89. The summed E-state index contributed by atoms with van der Waals surface area (Å²) in [6.07, 6.45) is 0. The Morgan fingerprint density at radius 1 is 1.44 bits per heavy atom. The number of nitrogens with one attached hydrogen (secondary N) is 2. The Balaban J connectivity index is 3.08.